The van der Waals surface area contributed by atoms with Gasteiger partial charge in [0.15, 0.2) is 0 Å². The van der Waals surface area contributed by atoms with Crippen molar-refractivity contribution in [2.75, 3.05) is 26.2 Å². The zero-order valence-electron chi connectivity index (χ0n) is 11.9. The van der Waals surface area contributed by atoms with E-state index in [2.05, 4.69) is 24.1 Å². The number of likely N-dealkylation sites (N-methyl/N-ethyl adjacent to an activating group) is 1. The van der Waals surface area contributed by atoms with E-state index in [1.807, 2.05) is 6.07 Å². The van der Waals surface area contributed by atoms with E-state index < -0.39 is 5.97 Å². The molecule has 0 heterocycles. The summed E-state index contributed by atoms with van der Waals surface area (Å²) in [6.45, 7) is 9.23. The Morgan fingerprint density at radius 3 is 2.74 bits per heavy atom. The van der Waals surface area contributed by atoms with Crippen molar-refractivity contribution in [2.24, 2.45) is 0 Å². The Balaban J connectivity index is 2.33. The summed E-state index contributed by atoms with van der Waals surface area (Å²) in [7, 11) is 0. The molecule has 4 nitrogen and oxygen atoms in total. The van der Waals surface area contributed by atoms with Gasteiger partial charge in [0.05, 0.1) is 5.56 Å². The lowest BCUT2D eigenvalue weighted by Crippen LogP contribution is -2.32. The molecule has 0 atom stereocenters. The van der Waals surface area contributed by atoms with Gasteiger partial charge in [0.25, 0.3) is 0 Å². The molecule has 1 aromatic carbocycles. The number of hydrogen-bond donors (Lipinski definition) is 2. The summed E-state index contributed by atoms with van der Waals surface area (Å²) < 4.78 is 0. The van der Waals surface area contributed by atoms with Crippen LogP contribution >= 0.6 is 0 Å². The fraction of sp³-hybridized carbons (Fsp3) is 0.533. The van der Waals surface area contributed by atoms with Gasteiger partial charge in [-0.15, -0.1) is 0 Å². The van der Waals surface area contributed by atoms with Crippen LogP contribution in [0.5, 0.6) is 0 Å². The minimum Gasteiger partial charge on any atom is -0.478 e. The molecule has 0 unspecified atom stereocenters. The number of benzene rings is 1. The van der Waals surface area contributed by atoms with Gasteiger partial charge in [0.1, 0.15) is 0 Å². The molecule has 0 saturated carbocycles. The Bertz CT molecular complexity index is 393. The molecule has 0 aliphatic carbocycles. The summed E-state index contributed by atoms with van der Waals surface area (Å²) in [5.41, 5.74) is 1.36. The maximum Gasteiger partial charge on any atom is 0.335 e. The molecule has 1 aromatic rings. The monoisotopic (exact) mass is 264 g/mol. The first kappa shape index (κ1) is 15.7. The number of nitrogens with one attached hydrogen (secondary N) is 1. The molecule has 2 N–H and O–H groups in total. The van der Waals surface area contributed by atoms with Gasteiger partial charge >= 0.3 is 5.97 Å². The fourth-order valence-corrected chi connectivity index (χ4v) is 2.03. The average Bonchev–Trinajstić information content (AvgIpc) is 2.42. The molecule has 0 saturated heterocycles. The number of carboxylic acids is 1. The first-order chi connectivity index (χ1) is 9.17. The second-order valence-corrected chi connectivity index (χ2v) is 4.62. The lowest BCUT2D eigenvalue weighted by molar-refractivity contribution is 0.0696. The van der Waals surface area contributed by atoms with Crippen LogP contribution in [0.15, 0.2) is 24.3 Å². The molecular weight excluding hydrogens is 240 g/mol. The molecule has 0 aromatic heterocycles. The summed E-state index contributed by atoms with van der Waals surface area (Å²) in [6, 6.07) is 7.07. The van der Waals surface area contributed by atoms with Crippen molar-refractivity contribution >= 4 is 5.97 Å². The summed E-state index contributed by atoms with van der Waals surface area (Å²) in [5, 5.41) is 12.3. The number of carbonyl (C=O) groups is 1. The zero-order chi connectivity index (χ0) is 14.1. The third-order valence-corrected chi connectivity index (χ3v) is 3.09. The highest BCUT2D eigenvalue weighted by atomic mass is 16.4. The van der Waals surface area contributed by atoms with Crippen molar-refractivity contribution < 1.29 is 9.90 Å². The molecule has 19 heavy (non-hydrogen) atoms. The molecule has 0 aliphatic rings. The fourth-order valence-electron chi connectivity index (χ4n) is 2.03. The Kier molecular flexibility index (Phi) is 7.15. The van der Waals surface area contributed by atoms with Gasteiger partial charge in [0.2, 0.25) is 0 Å². The third-order valence-electron chi connectivity index (χ3n) is 3.09. The highest BCUT2D eigenvalue weighted by Crippen LogP contribution is 2.04. The van der Waals surface area contributed by atoms with Crippen molar-refractivity contribution in [3.05, 3.63) is 35.4 Å². The van der Waals surface area contributed by atoms with Gasteiger partial charge in [0, 0.05) is 19.6 Å². The molecule has 1 rings (SSSR count). The predicted octanol–water partition coefficient (Wildman–Crippen LogP) is 2.21. The quantitative estimate of drug-likeness (QED) is 0.671. The van der Waals surface area contributed by atoms with Crippen molar-refractivity contribution in [2.45, 2.75) is 26.8 Å². The molecule has 0 bridgehead atoms. The molecular formula is C15H24N2O2. The van der Waals surface area contributed by atoms with Crippen LogP contribution in [0.25, 0.3) is 0 Å². The Hall–Kier alpha value is -1.39. The minimum atomic E-state index is -0.873. The van der Waals surface area contributed by atoms with E-state index in [-0.39, 0.29) is 0 Å². The van der Waals surface area contributed by atoms with E-state index in [1.54, 1.807) is 18.2 Å². The van der Waals surface area contributed by atoms with E-state index in [0.29, 0.717) is 12.1 Å². The highest BCUT2D eigenvalue weighted by Gasteiger charge is 2.03. The first-order valence-corrected chi connectivity index (χ1v) is 6.92. The summed E-state index contributed by atoms with van der Waals surface area (Å²) in [5.74, 6) is -0.873. The normalized spacial score (nSPS) is 10.9. The molecule has 4 heteroatoms. The first-order valence-electron chi connectivity index (χ1n) is 6.92. The van der Waals surface area contributed by atoms with Crippen molar-refractivity contribution in [1.29, 1.82) is 0 Å². The van der Waals surface area contributed by atoms with E-state index in [0.717, 1.165) is 31.7 Å². The van der Waals surface area contributed by atoms with Gasteiger partial charge in [-0.25, -0.2) is 4.79 Å². The SMILES string of the molecule is CCCN(CC)CCNCc1cccc(C(=O)O)c1. The topological polar surface area (TPSA) is 52.6 Å². The van der Waals surface area contributed by atoms with Crippen LogP contribution in [0.2, 0.25) is 0 Å². The number of aromatic carboxylic acids is 1. The summed E-state index contributed by atoms with van der Waals surface area (Å²) >= 11 is 0. The molecule has 106 valence electrons. The van der Waals surface area contributed by atoms with Gasteiger partial charge in [-0.3, -0.25) is 0 Å². The number of rotatable bonds is 9. The lowest BCUT2D eigenvalue weighted by Gasteiger charge is -2.19. The van der Waals surface area contributed by atoms with Gasteiger partial charge < -0.3 is 15.3 Å². The maximum atomic E-state index is 10.9. The van der Waals surface area contributed by atoms with Gasteiger partial charge in [-0.2, -0.15) is 0 Å². The molecule has 0 aliphatic heterocycles. The van der Waals surface area contributed by atoms with Crippen LogP contribution in [0.4, 0.5) is 0 Å². The minimum absolute atomic E-state index is 0.348. The smallest absolute Gasteiger partial charge is 0.335 e. The second-order valence-electron chi connectivity index (χ2n) is 4.62. The second kappa shape index (κ2) is 8.67. The van der Waals surface area contributed by atoms with Crippen LogP contribution in [-0.4, -0.2) is 42.2 Å². The summed E-state index contributed by atoms with van der Waals surface area (Å²) in [6.07, 6.45) is 1.18. The molecule has 0 radical (unpaired) electrons. The summed E-state index contributed by atoms with van der Waals surface area (Å²) in [4.78, 5) is 13.3. The highest BCUT2D eigenvalue weighted by molar-refractivity contribution is 5.87. The number of hydrogen-bond acceptors (Lipinski definition) is 3. The van der Waals surface area contributed by atoms with Crippen molar-refractivity contribution in [1.82, 2.24) is 10.2 Å². The number of nitrogens with zero attached hydrogens (tertiary/aromatic N) is 1. The van der Waals surface area contributed by atoms with Gasteiger partial charge in [-0.1, -0.05) is 26.0 Å². The van der Waals surface area contributed by atoms with Crippen LogP contribution in [0.1, 0.15) is 36.2 Å². The van der Waals surface area contributed by atoms with E-state index >= 15 is 0 Å². The third kappa shape index (κ3) is 5.85. The Labute approximate surface area is 115 Å². The van der Waals surface area contributed by atoms with Crippen LogP contribution in [0.3, 0.4) is 0 Å². The van der Waals surface area contributed by atoms with Crippen LogP contribution in [-0.2, 0) is 6.54 Å². The Morgan fingerprint density at radius 1 is 1.32 bits per heavy atom. The zero-order valence-corrected chi connectivity index (χ0v) is 11.9. The average molecular weight is 264 g/mol. The van der Waals surface area contributed by atoms with E-state index in [9.17, 15) is 4.79 Å². The standard InChI is InChI=1S/C15H24N2O2/c1-3-9-17(4-2)10-8-16-12-13-6-5-7-14(11-13)15(18)19/h5-7,11,16H,3-4,8-10,12H2,1-2H3,(H,18,19). The van der Waals surface area contributed by atoms with Crippen LogP contribution < -0.4 is 5.32 Å². The number of carboxylic acid groups (broad SMARTS) is 1. The largest absolute Gasteiger partial charge is 0.478 e. The van der Waals surface area contributed by atoms with Crippen LogP contribution in [0, 0.1) is 0 Å². The van der Waals surface area contributed by atoms with Crippen molar-refractivity contribution in [3.8, 4) is 0 Å². The van der Waals surface area contributed by atoms with E-state index in [1.165, 1.54) is 6.42 Å². The molecule has 0 spiro atoms. The Morgan fingerprint density at radius 2 is 2.11 bits per heavy atom. The lowest BCUT2D eigenvalue weighted by atomic mass is 10.1. The predicted molar refractivity (Wildman–Crippen MR) is 77.5 cm³/mol. The van der Waals surface area contributed by atoms with Gasteiger partial charge in [-0.05, 0) is 37.2 Å². The maximum absolute atomic E-state index is 10.9. The van der Waals surface area contributed by atoms with E-state index in [4.69, 9.17) is 5.11 Å². The van der Waals surface area contributed by atoms with Crippen molar-refractivity contribution in [3.63, 3.8) is 0 Å². The molecule has 0 fully saturated rings. The molecule has 0 amide bonds.